The molecule has 1 aromatic rings. The quantitative estimate of drug-likeness (QED) is 0.843. The first-order valence-corrected chi connectivity index (χ1v) is 10.4. The van der Waals surface area contributed by atoms with Gasteiger partial charge in [0.25, 0.3) is 5.91 Å². The maximum absolute atomic E-state index is 12.8. The second kappa shape index (κ2) is 9.41. The third kappa shape index (κ3) is 5.04. The van der Waals surface area contributed by atoms with Crippen molar-refractivity contribution in [2.75, 3.05) is 39.8 Å². The number of carbonyl (C=O) groups excluding carboxylic acids is 2. The van der Waals surface area contributed by atoms with Crippen LogP contribution in [0, 0.1) is 12.8 Å². The van der Waals surface area contributed by atoms with Crippen LogP contribution in [0.4, 0.5) is 0 Å². The van der Waals surface area contributed by atoms with Gasteiger partial charge in [-0.3, -0.25) is 14.5 Å². The predicted octanol–water partition coefficient (Wildman–Crippen LogP) is 2.46. The fourth-order valence-corrected chi connectivity index (χ4v) is 4.23. The molecule has 154 valence electrons. The van der Waals surface area contributed by atoms with Crippen molar-refractivity contribution in [3.63, 3.8) is 0 Å². The van der Waals surface area contributed by atoms with Gasteiger partial charge in [0.05, 0.1) is 13.7 Å². The number of rotatable bonds is 5. The maximum atomic E-state index is 12.8. The number of amides is 2. The Hall–Kier alpha value is -2.08. The Labute approximate surface area is 168 Å². The van der Waals surface area contributed by atoms with Crippen LogP contribution < -0.4 is 10.1 Å². The van der Waals surface area contributed by atoms with Gasteiger partial charge in [-0.05, 0) is 43.4 Å². The van der Waals surface area contributed by atoms with Gasteiger partial charge in [-0.15, -0.1) is 0 Å². The zero-order valence-corrected chi connectivity index (χ0v) is 17.4. The Balaban J connectivity index is 1.47. The first kappa shape index (κ1) is 20.6. The summed E-state index contributed by atoms with van der Waals surface area (Å²) in [5, 5.41) is 3.22. The minimum Gasteiger partial charge on any atom is -0.496 e. The third-order valence-corrected chi connectivity index (χ3v) is 6.14. The van der Waals surface area contributed by atoms with Crippen LogP contribution in [0.2, 0.25) is 0 Å². The second-order valence-corrected chi connectivity index (χ2v) is 8.19. The molecule has 2 unspecified atom stereocenters. The summed E-state index contributed by atoms with van der Waals surface area (Å²) in [6.07, 6.45) is 4.78. The topological polar surface area (TPSA) is 61.9 Å². The van der Waals surface area contributed by atoms with Gasteiger partial charge in [-0.25, -0.2) is 0 Å². The van der Waals surface area contributed by atoms with E-state index < -0.39 is 0 Å². The van der Waals surface area contributed by atoms with Crippen LogP contribution in [0.5, 0.6) is 5.75 Å². The largest absolute Gasteiger partial charge is 0.496 e. The molecule has 6 nitrogen and oxygen atoms in total. The summed E-state index contributed by atoms with van der Waals surface area (Å²) in [7, 11) is 1.62. The number of ether oxygens (including phenoxy) is 1. The lowest BCUT2D eigenvalue weighted by Gasteiger charge is -2.35. The molecule has 1 aromatic carbocycles. The molecule has 0 aromatic heterocycles. The Bertz CT molecular complexity index is 698. The monoisotopic (exact) mass is 387 g/mol. The van der Waals surface area contributed by atoms with Gasteiger partial charge in [0.2, 0.25) is 5.91 Å². The minimum absolute atomic E-state index is 0.0263. The van der Waals surface area contributed by atoms with Gasteiger partial charge >= 0.3 is 0 Å². The van der Waals surface area contributed by atoms with E-state index in [0.717, 1.165) is 30.8 Å². The van der Waals surface area contributed by atoms with Gasteiger partial charge in [0.15, 0.2) is 0 Å². The molecule has 1 heterocycles. The molecule has 2 aliphatic rings. The van der Waals surface area contributed by atoms with Crippen molar-refractivity contribution in [3.8, 4) is 5.75 Å². The summed E-state index contributed by atoms with van der Waals surface area (Å²) in [5.41, 5.74) is 1.67. The Morgan fingerprint density at radius 1 is 1.14 bits per heavy atom. The molecule has 0 radical (unpaired) electrons. The van der Waals surface area contributed by atoms with Gasteiger partial charge in [-0.2, -0.15) is 0 Å². The van der Waals surface area contributed by atoms with Crippen molar-refractivity contribution in [1.82, 2.24) is 15.1 Å². The summed E-state index contributed by atoms with van der Waals surface area (Å²) in [5.74, 6) is 1.44. The molecule has 0 spiro atoms. The first-order valence-electron chi connectivity index (χ1n) is 10.4. The second-order valence-electron chi connectivity index (χ2n) is 8.19. The lowest BCUT2D eigenvalue weighted by atomic mass is 9.86. The number of hydrogen-bond donors (Lipinski definition) is 1. The summed E-state index contributed by atoms with van der Waals surface area (Å²) >= 11 is 0. The van der Waals surface area contributed by atoms with Crippen molar-refractivity contribution < 1.29 is 14.3 Å². The predicted molar refractivity (Wildman–Crippen MR) is 110 cm³/mol. The fourth-order valence-electron chi connectivity index (χ4n) is 4.23. The molecule has 28 heavy (non-hydrogen) atoms. The van der Waals surface area contributed by atoms with E-state index in [2.05, 4.69) is 17.1 Å². The highest BCUT2D eigenvalue weighted by Crippen LogP contribution is 2.24. The molecule has 1 saturated heterocycles. The number of nitrogens with one attached hydrogen (secondary N) is 1. The molecule has 0 bridgehead atoms. The van der Waals surface area contributed by atoms with Crippen LogP contribution in [0.1, 0.15) is 48.5 Å². The molecule has 1 N–H and O–H groups in total. The van der Waals surface area contributed by atoms with Crippen LogP contribution >= 0.6 is 0 Å². The number of aryl methyl sites for hydroxylation is 1. The van der Waals surface area contributed by atoms with Crippen molar-refractivity contribution in [1.29, 1.82) is 0 Å². The smallest absolute Gasteiger partial charge is 0.254 e. The van der Waals surface area contributed by atoms with Crippen molar-refractivity contribution in [2.24, 2.45) is 5.92 Å². The van der Waals surface area contributed by atoms with E-state index in [4.69, 9.17) is 4.74 Å². The molecule has 3 rings (SSSR count). The van der Waals surface area contributed by atoms with Crippen LogP contribution in [-0.4, -0.2) is 67.5 Å². The van der Waals surface area contributed by atoms with Gasteiger partial charge in [0, 0.05) is 37.8 Å². The van der Waals surface area contributed by atoms with E-state index in [-0.39, 0.29) is 11.8 Å². The number of nitrogens with zero attached hydrogens (tertiary/aromatic N) is 2. The van der Waals surface area contributed by atoms with E-state index >= 15 is 0 Å². The number of carbonyl (C=O) groups is 2. The number of piperazine rings is 1. The highest BCUT2D eigenvalue weighted by Gasteiger charge is 2.26. The van der Waals surface area contributed by atoms with Gasteiger partial charge in [-0.1, -0.05) is 25.8 Å². The molecule has 2 atom stereocenters. The standard InChI is InChI=1S/C22H33N3O3/c1-16-6-4-5-7-19(16)23-21(26)15-24-10-12-25(13-11-24)22(27)18-9-8-17(2)20(14-18)28-3/h8-9,14,16,19H,4-7,10-13,15H2,1-3H3,(H,23,26). The van der Waals surface area contributed by atoms with E-state index in [0.29, 0.717) is 37.2 Å². The van der Waals surface area contributed by atoms with E-state index in [1.165, 1.54) is 19.3 Å². The van der Waals surface area contributed by atoms with Gasteiger partial charge in [0.1, 0.15) is 5.75 Å². The van der Waals surface area contributed by atoms with Crippen LogP contribution in [-0.2, 0) is 4.79 Å². The van der Waals surface area contributed by atoms with Crippen LogP contribution in [0.15, 0.2) is 18.2 Å². The average Bonchev–Trinajstić information content (AvgIpc) is 2.70. The molecule has 2 amide bonds. The normalized spacial score (nSPS) is 23.3. The van der Waals surface area contributed by atoms with Gasteiger partial charge < -0.3 is 15.0 Å². The van der Waals surface area contributed by atoms with E-state index in [1.807, 2.05) is 30.0 Å². The number of benzene rings is 1. The SMILES string of the molecule is COc1cc(C(=O)N2CCN(CC(=O)NC3CCCCC3C)CC2)ccc1C. The number of methoxy groups -OCH3 is 1. The van der Waals surface area contributed by atoms with Crippen molar-refractivity contribution in [2.45, 2.75) is 45.6 Å². The van der Waals surface area contributed by atoms with Crippen LogP contribution in [0.3, 0.4) is 0 Å². The fraction of sp³-hybridized carbons (Fsp3) is 0.636. The summed E-state index contributed by atoms with van der Waals surface area (Å²) < 4.78 is 5.33. The molecular weight excluding hydrogens is 354 g/mol. The lowest BCUT2D eigenvalue weighted by molar-refractivity contribution is -0.123. The van der Waals surface area contributed by atoms with E-state index in [1.54, 1.807) is 7.11 Å². The van der Waals surface area contributed by atoms with Crippen molar-refractivity contribution in [3.05, 3.63) is 29.3 Å². The molecule has 6 heteroatoms. The highest BCUT2D eigenvalue weighted by molar-refractivity contribution is 5.94. The number of hydrogen-bond acceptors (Lipinski definition) is 4. The summed E-state index contributed by atoms with van der Waals surface area (Å²) in [6, 6.07) is 5.90. The zero-order chi connectivity index (χ0) is 20.1. The van der Waals surface area contributed by atoms with Crippen molar-refractivity contribution >= 4 is 11.8 Å². The maximum Gasteiger partial charge on any atom is 0.254 e. The summed E-state index contributed by atoms with van der Waals surface area (Å²) in [4.78, 5) is 29.2. The third-order valence-electron chi connectivity index (χ3n) is 6.14. The van der Waals surface area contributed by atoms with E-state index in [9.17, 15) is 9.59 Å². The highest BCUT2D eigenvalue weighted by atomic mass is 16.5. The molecule has 1 aliphatic carbocycles. The van der Waals surface area contributed by atoms with Crippen LogP contribution in [0.25, 0.3) is 0 Å². The average molecular weight is 388 g/mol. The molecular formula is C22H33N3O3. The molecule has 1 saturated carbocycles. The molecule has 1 aliphatic heterocycles. The lowest BCUT2D eigenvalue weighted by Crippen LogP contribution is -2.52. The molecule has 2 fully saturated rings. The Morgan fingerprint density at radius 3 is 2.54 bits per heavy atom. The first-order chi connectivity index (χ1) is 13.5. The zero-order valence-electron chi connectivity index (χ0n) is 17.4. The Kier molecular flexibility index (Phi) is 6.94. The Morgan fingerprint density at radius 2 is 1.86 bits per heavy atom. The minimum atomic E-state index is 0.0263. The summed E-state index contributed by atoms with van der Waals surface area (Å²) in [6.45, 7) is 7.35.